The average Bonchev–Trinajstić information content (AvgIpc) is 3.48. The Hall–Kier alpha value is -3.67. The van der Waals surface area contributed by atoms with Crippen molar-refractivity contribution in [1.82, 2.24) is 0 Å². The lowest BCUT2D eigenvalue weighted by Gasteiger charge is -2.36. The first-order valence-corrected chi connectivity index (χ1v) is 11.6. The Morgan fingerprint density at radius 3 is 2.61 bits per heavy atom. The maximum atomic E-state index is 12.9. The van der Waals surface area contributed by atoms with Crippen molar-refractivity contribution in [3.8, 4) is 0 Å². The number of hydrogen-bond acceptors (Lipinski definition) is 4. The number of amides is 1. The standard InChI is InChI=1S/C27H27N3O3/c31-26-23(25(27(32)33)28-30(26)22-12-2-1-3-13-22)14-6-8-19-15-16-24-20(18-19)9-7-17-29(24)21-10-4-5-11-21/h1-3,6,8,12-16,18,21H,4-5,7,9-11,17H2,(H,32,33)/b8-6+,23-14-. The van der Waals surface area contributed by atoms with Gasteiger partial charge in [0.25, 0.3) is 5.91 Å². The van der Waals surface area contributed by atoms with E-state index in [0.717, 1.165) is 23.5 Å². The van der Waals surface area contributed by atoms with Crippen LogP contribution in [0.15, 0.2) is 71.4 Å². The zero-order valence-corrected chi connectivity index (χ0v) is 18.5. The third kappa shape index (κ3) is 4.21. The number of carboxylic acids is 1. The predicted molar refractivity (Wildman–Crippen MR) is 130 cm³/mol. The maximum Gasteiger partial charge on any atom is 0.357 e. The molecule has 1 aliphatic carbocycles. The van der Waals surface area contributed by atoms with E-state index in [1.165, 1.54) is 43.4 Å². The number of anilines is 2. The minimum Gasteiger partial charge on any atom is -0.476 e. The first kappa shape index (κ1) is 21.2. The SMILES string of the molecule is O=C(O)C1=NN(c2ccccc2)C(=O)/C1=C\C=C\c1ccc2c(c1)CCCN2C1CCCC1. The second-order valence-electron chi connectivity index (χ2n) is 8.77. The van der Waals surface area contributed by atoms with Crippen molar-refractivity contribution < 1.29 is 14.7 Å². The molecule has 2 aromatic rings. The van der Waals surface area contributed by atoms with E-state index in [-0.39, 0.29) is 11.3 Å². The summed E-state index contributed by atoms with van der Waals surface area (Å²) < 4.78 is 0. The molecule has 1 fully saturated rings. The molecule has 0 atom stereocenters. The van der Waals surface area contributed by atoms with Gasteiger partial charge in [0.05, 0.1) is 11.3 Å². The molecule has 0 radical (unpaired) electrons. The molecule has 0 unspecified atom stereocenters. The van der Waals surface area contributed by atoms with Crippen molar-refractivity contribution in [2.24, 2.45) is 5.10 Å². The fourth-order valence-corrected chi connectivity index (χ4v) is 5.07. The molecular formula is C27H27N3O3. The summed E-state index contributed by atoms with van der Waals surface area (Å²) in [6.07, 6.45) is 12.7. The van der Waals surface area contributed by atoms with Crippen molar-refractivity contribution in [3.63, 3.8) is 0 Å². The highest BCUT2D eigenvalue weighted by atomic mass is 16.4. The van der Waals surface area contributed by atoms with Gasteiger partial charge in [-0.15, -0.1) is 0 Å². The number of carbonyl (C=O) groups excluding carboxylic acids is 1. The zero-order valence-electron chi connectivity index (χ0n) is 18.5. The molecule has 2 aromatic carbocycles. The minimum absolute atomic E-state index is 0.0768. The highest BCUT2D eigenvalue weighted by molar-refractivity contribution is 6.52. The van der Waals surface area contributed by atoms with Crippen LogP contribution in [0.2, 0.25) is 0 Å². The molecule has 5 rings (SSSR count). The molecule has 2 heterocycles. The van der Waals surface area contributed by atoms with Gasteiger partial charge in [0.15, 0.2) is 5.71 Å². The zero-order chi connectivity index (χ0) is 22.8. The van der Waals surface area contributed by atoms with Crippen LogP contribution >= 0.6 is 0 Å². The van der Waals surface area contributed by atoms with E-state index in [9.17, 15) is 14.7 Å². The smallest absolute Gasteiger partial charge is 0.357 e. The molecular weight excluding hydrogens is 414 g/mol. The minimum atomic E-state index is -1.22. The summed E-state index contributed by atoms with van der Waals surface area (Å²) in [5.74, 6) is -1.66. The molecule has 33 heavy (non-hydrogen) atoms. The van der Waals surface area contributed by atoms with E-state index < -0.39 is 11.9 Å². The number of para-hydroxylation sites is 1. The molecule has 3 aliphatic rings. The third-order valence-electron chi connectivity index (χ3n) is 6.66. The molecule has 6 heteroatoms. The van der Waals surface area contributed by atoms with E-state index in [1.54, 1.807) is 36.4 Å². The molecule has 0 aromatic heterocycles. The quantitative estimate of drug-likeness (QED) is 0.676. The first-order valence-electron chi connectivity index (χ1n) is 11.6. The van der Waals surface area contributed by atoms with Crippen LogP contribution in [0.25, 0.3) is 6.08 Å². The van der Waals surface area contributed by atoms with Gasteiger partial charge in [0, 0.05) is 18.3 Å². The molecule has 1 N–H and O–H groups in total. The summed E-state index contributed by atoms with van der Waals surface area (Å²) in [6.45, 7) is 1.14. The lowest BCUT2D eigenvalue weighted by atomic mass is 9.97. The Morgan fingerprint density at radius 1 is 1.06 bits per heavy atom. The van der Waals surface area contributed by atoms with Crippen LogP contribution in [0.5, 0.6) is 0 Å². The van der Waals surface area contributed by atoms with E-state index in [0.29, 0.717) is 11.7 Å². The molecule has 0 bridgehead atoms. The fraction of sp³-hybridized carbons (Fsp3) is 0.296. The third-order valence-corrected chi connectivity index (χ3v) is 6.66. The number of fused-ring (bicyclic) bond motifs is 1. The number of hydrazone groups is 1. The summed E-state index contributed by atoms with van der Waals surface area (Å²) in [7, 11) is 0. The molecule has 6 nitrogen and oxygen atoms in total. The van der Waals surface area contributed by atoms with Crippen LogP contribution in [0.3, 0.4) is 0 Å². The molecule has 1 saturated carbocycles. The van der Waals surface area contributed by atoms with Crippen LogP contribution in [0, 0.1) is 0 Å². The van der Waals surface area contributed by atoms with Gasteiger partial charge in [0.1, 0.15) is 0 Å². The second-order valence-corrected chi connectivity index (χ2v) is 8.77. The van der Waals surface area contributed by atoms with Gasteiger partial charge in [0.2, 0.25) is 0 Å². The van der Waals surface area contributed by atoms with E-state index in [4.69, 9.17) is 0 Å². The van der Waals surface area contributed by atoms with Crippen LogP contribution in [0.1, 0.15) is 43.2 Å². The highest BCUT2D eigenvalue weighted by Gasteiger charge is 2.34. The number of rotatable bonds is 5. The number of hydrogen-bond donors (Lipinski definition) is 1. The second kappa shape index (κ2) is 9.06. The van der Waals surface area contributed by atoms with Gasteiger partial charge in [-0.05, 0) is 67.2 Å². The average molecular weight is 442 g/mol. The maximum absolute atomic E-state index is 12.9. The van der Waals surface area contributed by atoms with Crippen molar-refractivity contribution in [1.29, 1.82) is 0 Å². The van der Waals surface area contributed by atoms with Crippen molar-refractivity contribution in [2.45, 2.75) is 44.6 Å². The van der Waals surface area contributed by atoms with Gasteiger partial charge in [-0.3, -0.25) is 4.79 Å². The number of aryl methyl sites for hydroxylation is 1. The van der Waals surface area contributed by atoms with Crippen LogP contribution in [0.4, 0.5) is 11.4 Å². The first-order chi connectivity index (χ1) is 16.1. The Bertz CT molecular complexity index is 1160. The normalized spacial score (nSPS) is 20.1. The number of aliphatic carboxylic acids is 1. The van der Waals surface area contributed by atoms with Gasteiger partial charge in [-0.1, -0.05) is 49.3 Å². The molecule has 1 amide bonds. The summed E-state index contributed by atoms with van der Waals surface area (Å²) in [6, 6.07) is 16.0. The molecule has 0 spiro atoms. The van der Waals surface area contributed by atoms with Gasteiger partial charge >= 0.3 is 5.97 Å². The van der Waals surface area contributed by atoms with Gasteiger partial charge in [-0.2, -0.15) is 10.1 Å². The van der Waals surface area contributed by atoms with Gasteiger partial charge in [-0.25, -0.2) is 4.79 Å². The predicted octanol–water partition coefficient (Wildman–Crippen LogP) is 4.81. The molecule has 168 valence electrons. The highest BCUT2D eigenvalue weighted by Crippen LogP contribution is 2.35. The number of benzene rings is 2. The Morgan fingerprint density at radius 2 is 1.85 bits per heavy atom. The number of allylic oxidation sites excluding steroid dienone is 2. The monoisotopic (exact) mass is 441 g/mol. The summed E-state index contributed by atoms with van der Waals surface area (Å²) in [5.41, 5.74) is 4.13. The van der Waals surface area contributed by atoms with E-state index in [1.807, 2.05) is 12.1 Å². The summed E-state index contributed by atoms with van der Waals surface area (Å²) >= 11 is 0. The Balaban J connectivity index is 1.37. The van der Waals surface area contributed by atoms with Crippen LogP contribution < -0.4 is 9.91 Å². The van der Waals surface area contributed by atoms with E-state index >= 15 is 0 Å². The van der Waals surface area contributed by atoms with Gasteiger partial charge < -0.3 is 10.0 Å². The summed E-state index contributed by atoms with van der Waals surface area (Å²) in [5, 5.41) is 14.7. The van der Waals surface area contributed by atoms with Crippen LogP contribution in [-0.2, 0) is 16.0 Å². The lowest BCUT2D eigenvalue weighted by molar-refractivity contribution is -0.129. The Labute approximate surface area is 193 Å². The Kier molecular flexibility index (Phi) is 5.82. The number of carbonyl (C=O) groups is 2. The lowest BCUT2D eigenvalue weighted by Crippen LogP contribution is -2.37. The molecule has 0 saturated heterocycles. The summed E-state index contributed by atoms with van der Waals surface area (Å²) in [4.78, 5) is 27.1. The van der Waals surface area contributed by atoms with Crippen molar-refractivity contribution in [3.05, 3.63) is 77.4 Å². The largest absolute Gasteiger partial charge is 0.476 e. The van der Waals surface area contributed by atoms with Crippen molar-refractivity contribution >= 4 is 35.0 Å². The van der Waals surface area contributed by atoms with Crippen LogP contribution in [-0.4, -0.2) is 35.3 Å². The number of nitrogens with zero attached hydrogens (tertiary/aromatic N) is 3. The molecule has 2 aliphatic heterocycles. The number of carboxylic acid groups (broad SMARTS) is 1. The van der Waals surface area contributed by atoms with E-state index in [2.05, 4.69) is 28.2 Å². The topological polar surface area (TPSA) is 73.2 Å². The fourth-order valence-electron chi connectivity index (χ4n) is 5.07. The van der Waals surface area contributed by atoms with Crippen molar-refractivity contribution in [2.75, 3.05) is 16.5 Å².